The molecule has 7 heteroatoms. The van der Waals surface area contributed by atoms with Crippen LogP contribution in [0.2, 0.25) is 0 Å². The summed E-state index contributed by atoms with van der Waals surface area (Å²) < 4.78 is 5.29. The van der Waals surface area contributed by atoms with Crippen LogP contribution in [0.3, 0.4) is 0 Å². The van der Waals surface area contributed by atoms with Gasteiger partial charge in [-0.15, -0.1) is 0 Å². The monoisotopic (exact) mass is 409 g/mol. The minimum Gasteiger partial charge on any atom is -0.496 e. The van der Waals surface area contributed by atoms with Crippen molar-refractivity contribution in [2.75, 3.05) is 19.0 Å². The van der Waals surface area contributed by atoms with E-state index in [0.717, 1.165) is 21.6 Å². The standard InChI is InChI=1S/C23H27N3O4/c1-6-23(17-10-11-18(30-5)16(4)12-17)21(28)26(22(29)25-23)13-19(27)24-20-14(2)8-7-9-15(20)3/h7-12H,6,13H2,1-5H3,(H,24,27)(H,25,29). The van der Waals surface area contributed by atoms with Crippen LogP contribution in [0.25, 0.3) is 0 Å². The van der Waals surface area contributed by atoms with Crippen LogP contribution >= 0.6 is 0 Å². The molecule has 0 aromatic heterocycles. The van der Waals surface area contributed by atoms with Crippen LogP contribution in [0.4, 0.5) is 10.5 Å². The van der Waals surface area contributed by atoms with E-state index < -0.39 is 23.4 Å². The van der Waals surface area contributed by atoms with E-state index in [4.69, 9.17) is 4.74 Å². The fourth-order valence-corrected chi connectivity index (χ4v) is 3.89. The Morgan fingerprint density at radius 2 is 1.77 bits per heavy atom. The molecule has 1 fully saturated rings. The molecule has 2 aromatic rings. The first-order chi connectivity index (χ1) is 14.2. The maximum absolute atomic E-state index is 13.3. The van der Waals surface area contributed by atoms with Gasteiger partial charge < -0.3 is 15.4 Å². The highest BCUT2D eigenvalue weighted by Gasteiger charge is 2.51. The number of hydrogen-bond donors (Lipinski definition) is 2. The quantitative estimate of drug-likeness (QED) is 0.716. The Morgan fingerprint density at radius 3 is 2.33 bits per heavy atom. The van der Waals surface area contributed by atoms with Gasteiger partial charge in [-0.3, -0.25) is 14.5 Å². The van der Waals surface area contributed by atoms with Crippen molar-refractivity contribution in [2.45, 2.75) is 39.7 Å². The molecule has 1 atom stereocenters. The summed E-state index contributed by atoms with van der Waals surface area (Å²) in [6.07, 6.45) is 0.359. The minimum atomic E-state index is -1.20. The first-order valence-electron chi connectivity index (χ1n) is 9.88. The molecule has 0 spiro atoms. The van der Waals surface area contributed by atoms with E-state index in [2.05, 4.69) is 10.6 Å². The molecule has 0 aliphatic carbocycles. The summed E-state index contributed by atoms with van der Waals surface area (Å²) in [4.78, 5) is 39.6. The number of rotatable bonds is 6. The number of urea groups is 1. The summed E-state index contributed by atoms with van der Waals surface area (Å²) in [5, 5.41) is 5.63. The number of methoxy groups -OCH3 is 1. The van der Waals surface area contributed by atoms with E-state index in [1.54, 1.807) is 19.2 Å². The number of ether oxygens (including phenoxy) is 1. The Morgan fingerprint density at radius 1 is 1.10 bits per heavy atom. The topological polar surface area (TPSA) is 87.7 Å². The molecule has 4 amide bonds. The maximum atomic E-state index is 13.3. The van der Waals surface area contributed by atoms with Gasteiger partial charge in [-0.2, -0.15) is 0 Å². The van der Waals surface area contributed by atoms with Gasteiger partial charge in [-0.05, 0) is 61.6 Å². The van der Waals surface area contributed by atoms with E-state index in [9.17, 15) is 14.4 Å². The number of nitrogens with zero attached hydrogens (tertiary/aromatic N) is 1. The van der Waals surface area contributed by atoms with Crippen molar-refractivity contribution >= 4 is 23.5 Å². The Labute approximate surface area is 176 Å². The number of amides is 4. The number of imide groups is 1. The van der Waals surface area contributed by atoms with Gasteiger partial charge >= 0.3 is 6.03 Å². The summed E-state index contributed by atoms with van der Waals surface area (Å²) in [5.41, 5.74) is 2.85. The fraction of sp³-hybridized carbons (Fsp3) is 0.348. The third-order valence-electron chi connectivity index (χ3n) is 5.64. The van der Waals surface area contributed by atoms with Gasteiger partial charge in [0.1, 0.15) is 17.8 Å². The van der Waals surface area contributed by atoms with Crippen LogP contribution < -0.4 is 15.4 Å². The van der Waals surface area contributed by atoms with Crippen LogP contribution in [0.15, 0.2) is 36.4 Å². The fourth-order valence-electron chi connectivity index (χ4n) is 3.89. The van der Waals surface area contributed by atoms with Gasteiger partial charge in [0, 0.05) is 5.69 Å². The Bertz CT molecular complexity index is 997. The van der Waals surface area contributed by atoms with E-state index >= 15 is 0 Å². The van der Waals surface area contributed by atoms with Crippen LogP contribution in [0.1, 0.15) is 35.6 Å². The largest absolute Gasteiger partial charge is 0.496 e. The number of anilines is 1. The van der Waals surface area contributed by atoms with E-state index in [-0.39, 0.29) is 6.54 Å². The van der Waals surface area contributed by atoms with Gasteiger partial charge in [0.2, 0.25) is 5.91 Å². The molecule has 158 valence electrons. The molecule has 1 heterocycles. The minimum absolute atomic E-state index is 0.352. The molecule has 1 aliphatic rings. The van der Waals surface area contributed by atoms with E-state index in [1.807, 2.05) is 52.0 Å². The predicted molar refractivity (Wildman–Crippen MR) is 114 cm³/mol. The summed E-state index contributed by atoms with van der Waals surface area (Å²) in [5.74, 6) is -0.156. The predicted octanol–water partition coefficient (Wildman–Crippen LogP) is 3.42. The van der Waals surface area contributed by atoms with Crippen LogP contribution in [0.5, 0.6) is 5.75 Å². The SMILES string of the molecule is CCC1(c2ccc(OC)c(C)c2)NC(=O)N(CC(=O)Nc2c(C)cccc2C)C1=O. The highest BCUT2D eigenvalue weighted by Crippen LogP contribution is 2.34. The molecule has 3 rings (SSSR count). The normalized spacial score (nSPS) is 18.4. The lowest BCUT2D eigenvalue weighted by Gasteiger charge is -2.26. The number of benzene rings is 2. The molecule has 7 nitrogen and oxygen atoms in total. The molecular formula is C23H27N3O4. The number of hydrogen-bond acceptors (Lipinski definition) is 4. The number of carbonyl (C=O) groups is 3. The molecule has 30 heavy (non-hydrogen) atoms. The molecule has 1 aliphatic heterocycles. The lowest BCUT2D eigenvalue weighted by Crippen LogP contribution is -2.44. The Hall–Kier alpha value is -3.35. The van der Waals surface area contributed by atoms with Crippen molar-refractivity contribution in [2.24, 2.45) is 0 Å². The van der Waals surface area contributed by atoms with Gasteiger partial charge in [0.15, 0.2) is 0 Å². The molecule has 1 unspecified atom stereocenters. The average Bonchev–Trinajstić information content (AvgIpc) is 2.96. The van der Waals surface area contributed by atoms with Gasteiger partial charge in [0.05, 0.1) is 7.11 Å². The number of para-hydroxylation sites is 1. The summed E-state index contributed by atoms with van der Waals surface area (Å²) in [6.45, 7) is 7.14. The number of nitrogens with one attached hydrogen (secondary N) is 2. The van der Waals surface area contributed by atoms with Crippen LogP contribution in [0, 0.1) is 20.8 Å². The van der Waals surface area contributed by atoms with Crippen molar-refractivity contribution in [3.8, 4) is 5.75 Å². The lowest BCUT2D eigenvalue weighted by atomic mass is 9.86. The molecule has 0 radical (unpaired) electrons. The zero-order valence-corrected chi connectivity index (χ0v) is 18.0. The van der Waals surface area contributed by atoms with Crippen molar-refractivity contribution < 1.29 is 19.1 Å². The first kappa shape index (κ1) is 21.4. The molecule has 1 saturated heterocycles. The third kappa shape index (κ3) is 3.63. The van der Waals surface area contributed by atoms with Crippen molar-refractivity contribution in [1.82, 2.24) is 10.2 Å². The molecule has 2 aromatic carbocycles. The second-order valence-corrected chi connectivity index (χ2v) is 7.58. The molecular weight excluding hydrogens is 382 g/mol. The zero-order valence-electron chi connectivity index (χ0n) is 18.0. The Balaban J connectivity index is 1.84. The zero-order chi connectivity index (χ0) is 22.1. The average molecular weight is 409 g/mol. The van der Waals surface area contributed by atoms with E-state index in [0.29, 0.717) is 23.4 Å². The first-order valence-corrected chi connectivity index (χ1v) is 9.88. The molecule has 0 saturated carbocycles. The smallest absolute Gasteiger partial charge is 0.325 e. The Kier molecular flexibility index (Phi) is 5.82. The van der Waals surface area contributed by atoms with Crippen molar-refractivity contribution in [3.05, 3.63) is 58.7 Å². The number of carbonyl (C=O) groups excluding carboxylic acids is 3. The maximum Gasteiger partial charge on any atom is 0.325 e. The molecule has 2 N–H and O–H groups in total. The highest BCUT2D eigenvalue weighted by atomic mass is 16.5. The van der Waals surface area contributed by atoms with Gasteiger partial charge in [-0.1, -0.05) is 31.2 Å². The highest BCUT2D eigenvalue weighted by molar-refractivity contribution is 6.10. The molecule has 0 bridgehead atoms. The van der Waals surface area contributed by atoms with Crippen LogP contribution in [-0.4, -0.2) is 36.4 Å². The third-order valence-corrected chi connectivity index (χ3v) is 5.64. The van der Waals surface area contributed by atoms with Crippen molar-refractivity contribution in [3.63, 3.8) is 0 Å². The van der Waals surface area contributed by atoms with Gasteiger partial charge in [-0.25, -0.2) is 4.79 Å². The van der Waals surface area contributed by atoms with Crippen LogP contribution in [-0.2, 0) is 15.1 Å². The summed E-state index contributed by atoms with van der Waals surface area (Å²) in [6, 6.07) is 10.5. The summed E-state index contributed by atoms with van der Waals surface area (Å²) >= 11 is 0. The summed E-state index contributed by atoms with van der Waals surface area (Å²) in [7, 11) is 1.58. The number of aryl methyl sites for hydroxylation is 3. The second kappa shape index (κ2) is 8.18. The lowest BCUT2D eigenvalue weighted by molar-refractivity contribution is -0.134. The van der Waals surface area contributed by atoms with E-state index in [1.165, 1.54) is 0 Å². The second-order valence-electron chi connectivity index (χ2n) is 7.58. The van der Waals surface area contributed by atoms with Crippen molar-refractivity contribution in [1.29, 1.82) is 0 Å². The van der Waals surface area contributed by atoms with Gasteiger partial charge in [0.25, 0.3) is 5.91 Å².